The summed E-state index contributed by atoms with van der Waals surface area (Å²) in [6.07, 6.45) is -0.00566. The Balaban J connectivity index is 1.50. The van der Waals surface area contributed by atoms with Crippen LogP contribution in [0.2, 0.25) is 5.02 Å². The summed E-state index contributed by atoms with van der Waals surface area (Å²) in [6, 6.07) is 7.11. The van der Waals surface area contributed by atoms with Gasteiger partial charge >= 0.3 is 5.97 Å². The normalized spacial score (nSPS) is 19.9. The lowest BCUT2D eigenvalue weighted by Crippen LogP contribution is -2.51. The molecule has 1 N–H and O–H groups in total. The average Bonchev–Trinajstić information content (AvgIpc) is 3.10. The lowest BCUT2D eigenvalue weighted by Gasteiger charge is -2.35. The first-order chi connectivity index (χ1) is 12.9. The number of nitrogens with zero attached hydrogens (tertiary/aromatic N) is 3. The first-order valence-corrected chi connectivity index (χ1v) is 9.04. The van der Waals surface area contributed by atoms with Gasteiger partial charge in [0.05, 0.1) is 12.6 Å². The Bertz CT molecular complexity index is 808. The molecule has 1 amide bonds. The van der Waals surface area contributed by atoms with E-state index in [1.54, 1.807) is 36.1 Å². The van der Waals surface area contributed by atoms with E-state index in [-0.39, 0.29) is 25.0 Å². The van der Waals surface area contributed by atoms with Gasteiger partial charge in [-0.05, 0) is 37.6 Å². The smallest absolute Gasteiger partial charge is 0.334 e. The highest BCUT2D eigenvalue weighted by Crippen LogP contribution is 2.19. The van der Waals surface area contributed by atoms with E-state index < -0.39 is 12.1 Å². The Morgan fingerprint density at radius 2 is 2.04 bits per heavy atom. The van der Waals surface area contributed by atoms with Crippen LogP contribution in [0.15, 0.2) is 28.8 Å². The molecule has 27 heavy (non-hydrogen) atoms. The number of carboxylic acids is 1. The van der Waals surface area contributed by atoms with Crippen LogP contribution in [0.5, 0.6) is 0 Å². The molecule has 1 unspecified atom stereocenters. The number of aliphatic carboxylic acids is 1. The fraction of sp³-hybridized carbons (Fsp3) is 0.444. The molecule has 1 aliphatic rings. The van der Waals surface area contributed by atoms with Crippen molar-refractivity contribution in [3.8, 4) is 11.4 Å². The van der Waals surface area contributed by atoms with Gasteiger partial charge in [0.1, 0.15) is 0 Å². The van der Waals surface area contributed by atoms with Crippen molar-refractivity contribution in [2.45, 2.75) is 38.4 Å². The standard InChI is InChI=1S/C18H20ClN3O5/c1-11-9-22(10-14(26-11)18(24)25)16(23)4-2-3-15-20-17(21-27-15)12-5-7-13(19)8-6-12/h5-8,11,14H,2-4,9-10H2,1H3,(H,24,25)/t11-,14?/m1/s1. The molecule has 144 valence electrons. The third-order valence-corrected chi connectivity index (χ3v) is 4.49. The molecule has 1 saturated heterocycles. The van der Waals surface area contributed by atoms with Crippen LogP contribution in [0.4, 0.5) is 0 Å². The second-order valence-corrected chi connectivity index (χ2v) is 6.88. The van der Waals surface area contributed by atoms with Gasteiger partial charge in [-0.1, -0.05) is 16.8 Å². The SMILES string of the molecule is C[C@@H]1CN(C(=O)CCCc2nc(-c3ccc(Cl)cc3)no2)CC(C(=O)O)O1. The summed E-state index contributed by atoms with van der Waals surface area (Å²) in [7, 11) is 0. The molecular formula is C18H20ClN3O5. The van der Waals surface area contributed by atoms with Crippen molar-refractivity contribution in [2.75, 3.05) is 13.1 Å². The molecular weight excluding hydrogens is 374 g/mol. The quantitative estimate of drug-likeness (QED) is 0.803. The van der Waals surface area contributed by atoms with Gasteiger partial charge in [0.15, 0.2) is 6.10 Å². The third-order valence-electron chi connectivity index (χ3n) is 4.24. The molecule has 9 heteroatoms. The Hall–Kier alpha value is -2.45. The second-order valence-electron chi connectivity index (χ2n) is 6.44. The summed E-state index contributed by atoms with van der Waals surface area (Å²) in [5.74, 6) is -0.236. The first-order valence-electron chi connectivity index (χ1n) is 8.67. The fourth-order valence-corrected chi connectivity index (χ4v) is 3.04. The predicted octanol–water partition coefficient (Wildman–Crippen LogP) is 2.41. The number of benzene rings is 1. The molecule has 8 nitrogen and oxygen atoms in total. The number of aromatic nitrogens is 2. The van der Waals surface area contributed by atoms with Crippen molar-refractivity contribution in [1.82, 2.24) is 15.0 Å². The topological polar surface area (TPSA) is 106 Å². The zero-order valence-electron chi connectivity index (χ0n) is 14.8. The lowest BCUT2D eigenvalue weighted by molar-refractivity contribution is -0.166. The number of carbonyl (C=O) groups is 2. The number of carbonyl (C=O) groups excluding carboxylic acids is 1. The summed E-state index contributed by atoms with van der Waals surface area (Å²) >= 11 is 5.86. The van der Waals surface area contributed by atoms with E-state index in [0.717, 1.165) is 5.56 Å². The van der Waals surface area contributed by atoms with E-state index in [2.05, 4.69) is 10.1 Å². The van der Waals surface area contributed by atoms with E-state index >= 15 is 0 Å². The van der Waals surface area contributed by atoms with Crippen LogP contribution in [0.25, 0.3) is 11.4 Å². The summed E-state index contributed by atoms with van der Waals surface area (Å²) < 4.78 is 10.5. The van der Waals surface area contributed by atoms with E-state index in [0.29, 0.717) is 36.1 Å². The van der Waals surface area contributed by atoms with Crippen LogP contribution >= 0.6 is 11.6 Å². The number of halogens is 1. The Morgan fingerprint density at radius 3 is 2.74 bits per heavy atom. The number of morpholine rings is 1. The van der Waals surface area contributed by atoms with Gasteiger partial charge in [-0.25, -0.2) is 4.79 Å². The highest BCUT2D eigenvalue weighted by atomic mass is 35.5. The molecule has 2 atom stereocenters. The van der Waals surface area contributed by atoms with Gasteiger partial charge in [-0.3, -0.25) is 4.79 Å². The van der Waals surface area contributed by atoms with Crippen molar-refractivity contribution in [2.24, 2.45) is 0 Å². The maximum atomic E-state index is 12.4. The van der Waals surface area contributed by atoms with E-state index in [1.807, 2.05) is 0 Å². The summed E-state index contributed by atoms with van der Waals surface area (Å²) in [4.78, 5) is 29.3. The highest BCUT2D eigenvalue weighted by Gasteiger charge is 2.32. The first kappa shape index (κ1) is 19.3. The van der Waals surface area contributed by atoms with E-state index in [4.69, 9.17) is 26.0 Å². The van der Waals surface area contributed by atoms with Crippen LogP contribution in [0.3, 0.4) is 0 Å². The molecule has 2 heterocycles. The Morgan fingerprint density at radius 1 is 1.30 bits per heavy atom. The number of hydrogen-bond acceptors (Lipinski definition) is 6. The van der Waals surface area contributed by atoms with Crippen molar-refractivity contribution < 1.29 is 24.0 Å². The maximum Gasteiger partial charge on any atom is 0.334 e. The minimum atomic E-state index is -1.06. The lowest BCUT2D eigenvalue weighted by atomic mass is 10.1. The number of hydrogen-bond donors (Lipinski definition) is 1. The van der Waals surface area contributed by atoms with Gasteiger partial charge in [-0.15, -0.1) is 0 Å². The summed E-state index contributed by atoms with van der Waals surface area (Å²) in [5, 5.41) is 13.7. The molecule has 0 saturated carbocycles. The number of ether oxygens (including phenoxy) is 1. The second kappa shape index (κ2) is 8.49. The van der Waals surface area contributed by atoms with Gasteiger partial charge in [0, 0.05) is 30.0 Å². The fourth-order valence-electron chi connectivity index (χ4n) is 2.91. The van der Waals surface area contributed by atoms with Gasteiger partial charge < -0.3 is 19.3 Å². The van der Waals surface area contributed by atoms with Crippen LogP contribution in [-0.2, 0) is 20.7 Å². The van der Waals surface area contributed by atoms with Crippen LogP contribution < -0.4 is 0 Å². The molecule has 0 aliphatic carbocycles. The average molecular weight is 394 g/mol. The van der Waals surface area contributed by atoms with Crippen LogP contribution in [0, 0.1) is 0 Å². The minimum Gasteiger partial charge on any atom is -0.479 e. The van der Waals surface area contributed by atoms with Gasteiger partial charge in [0.2, 0.25) is 17.6 Å². The van der Waals surface area contributed by atoms with E-state index in [9.17, 15) is 9.59 Å². The van der Waals surface area contributed by atoms with E-state index in [1.165, 1.54) is 0 Å². The minimum absolute atomic E-state index is 0.0692. The molecule has 1 aromatic carbocycles. The number of amides is 1. The van der Waals surface area contributed by atoms with Crippen molar-refractivity contribution in [3.63, 3.8) is 0 Å². The molecule has 0 radical (unpaired) electrons. The summed E-state index contributed by atoms with van der Waals surface area (Å²) in [5.41, 5.74) is 0.799. The Kier molecular flexibility index (Phi) is 6.08. The zero-order chi connectivity index (χ0) is 19.4. The monoisotopic (exact) mass is 393 g/mol. The number of carboxylic acid groups (broad SMARTS) is 1. The molecule has 1 aliphatic heterocycles. The Labute approximate surface area is 161 Å². The zero-order valence-corrected chi connectivity index (χ0v) is 15.6. The largest absolute Gasteiger partial charge is 0.479 e. The van der Waals surface area contributed by atoms with Crippen molar-refractivity contribution in [1.29, 1.82) is 0 Å². The third kappa shape index (κ3) is 5.05. The number of aryl methyl sites for hydroxylation is 1. The van der Waals surface area contributed by atoms with Gasteiger partial charge in [0.25, 0.3) is 0 Å². The van der Waals surface area contributed by atoms with Gasteiger partial charge in [-0.2, -0.15) is 4.98 Å². The summed E-state index contributed by atoms with van der Waals surface area (Å²) in [6.45, 7) is 2.22. The van der Waals surface area contributed by atoms with Crippen molar-refractivity contribution >= 4 is 23.5 Å². The highest BCUT2D eigenvalue weighted by molar-refractivity contribution is 6.30. The maximum absolute atomic E-state index is 12.4. The molecule has 1 aromatic heterocycles. The predicted molar refractivity (Wildman–Crippen MR) is 96.2 cm³/mol. The molecule has 2 aromatic rings. The van der Waals surface area contributed by atoms with Crippen LogP contribution in [0.1, 0.15) is 25.7 Å². The number of rotatable bonds is 6. The van der Waals surface area contributed by atoms with Crippen LogP contribution in [-0.4, -0.2) is 57.3 Å². The molecule has 3 rings (SSSR count). The molecule has 1 fully saturated rings. The van der Waals surface area contributed by atoms with Crippen molar-refractivity contribution in [3.05, 3.63) is 35.2 Å². The molecule has 0 spiro atoms. The molecule has 0 bridgehead atoms.